The van der Waals surface area contributed by atoms with Crippen molar-refractivity contribution >= 4 is 12.1 Å². The number of carbonyl (C=O) groups is 2. The van der Waals surface area contributed by atoms with Crippen LogP contribution in [0.2, 0.25) is 0 Å². The van der Waals surface area contributed by atoms with Crippen molar-refractivity contribution in [3.05, 3.63) is 23.5 Å². The summed E-state index contributed by atoms with van der Waals surface area (Å²) in [6.45, 7) is 5.06. The van der Waals surface area contributed by atoms with Crippen molar-refractivity contribution < 1.29 is 32.9 Å². The molecule has 0 saturated carbocycles. The van der Waals surface area contributed by atoms with Gasteiger partial charge in [-0.25, -0.2) is 14.0 Å². The summed E-state index contributed by atoms with van der Waals surface area (Å²) in [4.78, 5) is 23.8. The summed E-state index contributed by atoms with van der Waals surface area (Å²) in [5.41, 5.74) is -0.580. The molecule has 1 rings (SSSR count). The van der Waals surface area contributed by atoms with Crippen LogP contribution in [0.4, 0.5) is 9.18 Å². The third-order valence-corrected chi connectivity index (χ3v) is 3.15. The van der Waals surface area contributed by atoms with Crippen LogP contribution in [0.5, 0.6) is 11.5 Å². The van der Waals surface area contributed by atoms with Gasteiger partial charge in [-0.15, -0.1) is 0 Å². The zero-order valence-corrected chi connectivity index (χ0v) is 15.3. The van der Waals surface area contributed by atoms with Crippen LogP contribution in [0.15, 0.2) is 12.1 Å². The fraction of sp³-hybridized carbons (Fsp3) is 0.529. The summed E-state index contributed by atoms with van der Waals surface area (Å²) < 4.78 is 34.2. The summed E-state index contributed by atoms with van der Waals surface area (Å²) in [5, 5.41) is 2.39. The van der Waals surface area contributed by atoms with Gasteiger partial charge in [-0.05, 0) is 32.4 Å². The number of ether oxygens (including phenoxy) is 4. The first-order valence-corrected chi connectivity index (χ1v) is 7.59. The summed E-state index contributed by atoms with van der Waals surface area (Å²) >= 11 is 0. The average Bonchev–Trinajstić information content (AvgIpc) is 2.52. The number of esters is 1. The van der Waals surface area contributed by atoms with E-state index in [0.29, 0.717) is 5.75 Å². The lowest BCUT2D eigenvalue weighted by Crippen LogP contribution is -2.45. The highest BCUT2D eigenvalue weighted by Crippen LogP contribution is 2.30. The van der Waals surface area contributed by atoms with Gasteiger partial charge in [-0.1, -0.05) is 0 Å². The van der Waals surface area contributed by atoms with E-state index in [2.05, 4.69) is 10.1 Å². The Morgan fingerprint density at radius 1 is 1.12 bits per heavy atom. The topological polar surface area (TPSA) is 83.1 Å². The number of hydrogen-bond donors (Lipinski definition) is 1. The van der Waals surface area contributed by atoms with Crippen molar-refractivity contribution in [2.45, 2.75) is 38.8 Å². The monoisotopic (exact) mass is 357 g/mol. The smallest absolute Gasteiger partial charge is 0.408 e. The Hall–Kier alpha value is -2.51. The molecule has 0 heterocycles. The van der Waals surface area contributed by atoms with Crippen LogP contribution in [-0.4, -0.2) is 45.0 Å². The van der Waals surface area contributed by atoms with E-state index >= 15 is 0 Å². The molecule has 1 aromatic rings. The van der Waals surface area contributed by atoms with Gasteiger partial charge in [-0.2, -0.15) is 0 Å². The molecule has 1 N–H and O–H groups in total. The molecule has 0 aromatic heterocycles. The highest BCUT2D eigenvalue weighted by molar-refractivity contribution is 5.81. The summed E-state index contributed by atoms with van der Waals surface area (Å²) in [6, 6.07) is 1.43. The number of carbonyl (C=O) groups excluding carboxylic acids is 2. The molecule has 7 nitrogen and oxygen atoms in total. The van der Waals surface area contributed by atoms with Crippen LogP contribution in [0.25, 0.3) is 0 Å². The van der Waals surface area contributed by atoms with Gasteiger partial charge >= 0.3 is 12.1 Å². The molecular weight excluding hydrogens is 333 g/mol. The molecule has 1 atom stereocenters. The maximum Gasteiger partial charge on any atom is 0.408 e. The second-order valence-electron chi connectivity index (χ2n) is 6.22. The molecule has 0 fully saturated rings. The van der Waals surface area contributed by atoms with Gasteiger partial charge < -0.3 is 24.3 Å². The first-order valence-electron chi connectivity index (χ1n) is 7.59. The molecular formula is C17H24FNO6. The van der Waals surface area contributed by atoms with E-state index in [9.17, 15) is 14.0 Å². The molecule has 0 radical (unpaired) electrons. The summed E-state index contributed by atoms with van der Waals surface area (Å²) in [6.07, 6.45) is -0.943. The van der Waals surface area contributed by atoms with Crippen molar-refractivity contribution in [3.63, 3.8) is 0 Å². The standard InChI is InChI=1S/C17H24FNO6/c1-17(2,3)25-16(21)19-12(15(20)24-6)7-10-8-13(22-4)14(23-5)9-11(10)18/h8-9,12H,7H2,1-6H3,(H,19,21). The lowest BCUT2D eigenvalue weighted by molar-refractivity contribution is -0.143. The second kappa shape index (κ2) is 8.55. The first-order chi connectivity index (χ1) is 11.6. The normalized spacial score (nSPS) is 12.1. The number of alkyl carbamates (subject to hydrolysis) is 1. The van der Waals surface area contributed by atoms with E-state index in [1.807, 2.05) is 0 Å². The van der Waals surface area contributed by atoms with E-state index in [1.165, 1.54) is 27.4 Å². The highest BCUT2D eigenvalue weighted by atomic mass is 19.1. The molecule has 140 valence electrons. The molecule has 0 bridgehead atoms. The molecule has 0 aliphatic carbocycles. The Morgan fingerprint density at radius 2 is 1.68 bits per heavy atom. The molecule has 1 unspecified atom stereocenters. The van der Waals surface area contributed by atoms with Gasteiger partial charge in [-0.3, -0.25) is 0 Å². The molecule has 0 saturated heterocycles. The van der Waals surface area contributed by atoms with Gasteiger partial charge in [0, 0.05) is 12.5 Å². The quantitative estimate of drug-likeness (QED) is 0.788. The van der Waals surface area contributed by atoms with Gasteiger partial charge in [0.1, 0.15) is 17.5 Å². The number of halogens is 1. The fourth-order valence-electron chi connectivity index (χ4n) is 2.06. The van der Waals surface area contributed by atoms with Crippen LogP contribution in [0, 0.1) is 5.82 Å². The van der Waals surface area contributed by atoms with Crippen LogP contribution in [0.3, 0.4) is 0 Å². The van der Waals surface area contributed by atoms with Crippen molar-refractivity contribution in [1.82, 2.24) is 5.32 Å². The molecule has 0 aliphatic heterocycles. The van der Waals surface area contributed by atoms with Crippen LogP contribution < -0.4 is 14.8 Å². The predicted molar refractivity (Wildman–Crippen MR) is 88.4 cm³/mol. The number of hydrogen-bond acceptors (Lipinski definition) is 6. The molecule has 8 heteroatoms. The molecule has 1 aromatic carbocycles. The Balaban J connectivity index is 3.03. The maximum atomic E-state index is 14.3. The molecule has 0 spiro atoms. The van der Waals surface area contributed by atoms with Crippen molar-refractivity contribution in [2.24, 2.45) is 0 Å². The van der Waals surface area contributed by atoms with Crippen LogP contribution in [0.1, 0.15) is 26.3 Å². The van der Waals surface area contributed by atoms with Crippen molar-refractivity contribution in [2.75, 3.05) is 21.3 Å². The first kappa shape index (κ1) is 20.5. The van der Waals surface area contributed by atoms with E-state index in [0.717, 1.165) is 6.07 Å². The lowest BCUT2D eigenvalue weighted by atomic mass is 10.0. The summed E-state index contributed by atoms with van der Waals surface area (Å²) in [5.74, 6) is -0.796. The Bertz CT molecular complexity index is 626. The average molecular weight is 357 g/mol. The highest BCUT2D eigenvalue weighted by Gasteiger charge is 2.27. The zero-order valence-electron chi connectivity index (χ0n) is 15.3. The minimum atomic E-state index is -1.12. The lowest BCUT2D eigenvalue weighted by Gasteiger charge is -2.23. The minimum absolute atomic E-state index is 0.141. The number of methoxy groups -OCH3 is 3. The van der Waals surface area contributed by atoms with Gasteiger partial charge in [0.2, 0.25) is 0 Å². The van der Waals surface area contributed by atoms with E-state index < -0.39 is 29.5 Å². The van der Waals surface area contributed by atoms with E-state index in [1.54, 1.807) is 20.8 Å². The van der Waals surface area contributed by atoms with Crippen LogP contribution >= 0.6 is 0 Å². The Labute approximate surface area is 146 Å². The third-order valence-electron chi connectivity index (χ3n) is 3.15. The van der Waals surface area contributed by atoms with Crippen molar-refractivity contribution in [1.29, 1.82) is 0 Å². The largest absolute Gasteiger partial charge is 0.493 e. The maximum absolute atomic E-state index is 14.3. The number of amides is 1. The number of nitrogens with one attached hydrogen (secondary N) is 1. The number of rotatable bonds is 6. The predicted octanol–water partition coefficient (Wildman–Crippen LogP) is 2.45. The number of benzene rings is 1. The van der Waals surface area contributed by atoms with E-state index in [4.69, 9.17) is 14.2 Å². The van der Waals surface area contributed by atoms with E-state index in [-0.39, 0.29) is 17.7 Å². The van der Waals surface area contributed by atoms with Gasteiger partial charge in [0.25, 0.3) is 0 Å². The van der Waals surface area contributed by atoms with Crippen molar-refractivity contribution in [3.8, 4) is 11.5 Å². The van der Waals surface area contributed by atoms with Gasteiger partial charge in [0.15, 0.2) is 11.5 Å². The second-order valence-corrected chi connectivity index (χ2v) is 6.22. The molecule has 1 amide bonds. The van der Waals surface area contributed by atoms with Gasteiger partial charge in [0.05, 0.1) is 21.3 Å². The molecule has 25 heavy (non-hydrogen) atoms. The fourth-order valence-corrected chi connectivity index (χ4v) is 2.06. The van der Waals surface area contributed by atoms with Crippen LogP contribution in [-0.2, 0) is 20.7 Å². The third kappa shape index (κ3) is 6.13. The zero-order chi connectivity index (χ0) is 19.2. The molecule has 0 aliphatic rings. The Morgan fingerprint density at radius 3 is 2.16 bits per heavy atom. The summed E-state index contributed by atoms with van der Waals surface area (Å²) in [7, 11) is 3.98. The minimum Gasteiger partial charge on any atom is -0.493 e. The SMILES string of the molecule is COC(=O)C(Cc1cc(OC)c(OC)cc1F)NC(=O)OC(C)(C)C. The Kier molecular flexibility index (Phi) is 7.02.